The lowest BCUT2D eigenvalue weighted by Gasteiger charge is -2.22. The molecule has 1 amide bonds. The molecule has 0 fully saturated rings. The highest BCUT2D eigenvalue weighted by Gasteiger charge is 2.20. The van der Waals surface area contributed by atoms with E-state index >= 15 is 0 Å². The second-order valence-electron chi connectivity index (χ2n) is 22.1. The van der Waals surface area contributed by atoms with E-state index in [1.54, 1.807) is 0 Å². The fraction of sp³-hybridized carbons (Fsp3) is 0.908. The number of rotatable bonds is 60. The quantitative estimate of drug-likeness (QED) is 0.0320. The summed E-state index contributed by atoms with van der Waals surface area (Å²) in [6.07, 6.45) is 74.8. The lowest BCUT2D eigenvalue weighted by molar-refractivity contribution is -0.143. The Kier molecular flexibility index (Phi) is 59.5. The number of hydrogen-bond donors (Lipinski definition) is 3. The van der Waals surface area contributed by atoms with Crippen LogP contribution in [0, 0.1) is 0 Å². The second kappa shape index (κ2) is 60.9. The van der Waals surface area contributed by atoms with E-state index in [-0.39, 0.29) is 18.5 Å². The topological polar surface area (TPSA) is 95.9 Å². The number of esters is 1. The number of carbonyl (C=O) groups is 2. The minimum absolute atomic E-state index is 0.0117. The van der Waals surface area contributed by atoms with E-state index in [1.165, 1.54) is 238 Å². The van der Waals surface area contributed by atoms with E-state index in [0.29, 0.717) is 25.9 Å². The minimum atomic E-state index is -0.676. The maximum absolute atomic E-state index is 12.5. The molecule has 0 rings (SSSR count). The van der Waals surface area contributed by atoms with Crippen LogP contribution in [-0.2, 0) is 14.3 Å². The summed E-state index contributed by atoms with van der Waals surface area (Å²) in [5, 5.41) is 23.4. The Morgan fingerprint density at radius 3 is 1.07 bits per heavy atom. The van der Waals surface area contributed by atoms with Gasteiger partial charge in [0.05, 0.1) is 25.4 Å². The molecule has 0 heterocycles. The van der Waals surface area contributed by atoms with Crippen molar-refractivity contribution < 1.29 is 24.5 Å². The van der Waals surface area contributed by atoms with Crippen molar-refractivity contribution in [1.82, 2.24) is 5.32 Å². The highest BCUT2D eigenvalue weighted by molar-refractivity contribution is 5.76. The van der Waals surface area contributed by atoms with Crippen LogP contribution in [0.2, 0.25) is 0 Å². The number of hydrogen-bond acceptors (Lipinski definition) is 5. The van der Waals surface area contributed by atoms with Gasteiger partial charge in [0, 0.05) is 12.8 Å². The van der Waals surface area contributed by atoms with Crippen LogP contribution in [0.4, 0.5) is 0 Å². The standard InChI is InChI=1S/C65H125NO5/c1-3-5-7-9-11-13-15-17-19-20-21-22-23-24-26-30-33-37-41-45-49-53-57-63(68)62(61-67)66-64(69)58-54-50-46-42-38-34-31-27-25-28-32-36-40-44-48-52-56-60-71-65(70)59-55-51-47-43-39-35-29-18-16-14-12-10-8-6-4-2/h25,28,36,40,62-63,67-68H,3-24,26-27,29-35,37-39,41-61H2,1-2H3,(H,66,69)/b28-25-,40-36-. The van der Waals surface area contributed by atoms with Crippen LogP contribution < -0.4 is 5.32 Å². The predicted molar refractivity (Wildman–Crippen MR) is 310 cm³/mol. The number of unbranched alkanes of at least 4 members (excludes halogenated alkanes) is 45. The van der Waals surface area contributed by atoms with Crippen molar-refractivity contribution in [3.63, 3.8) is 0 Å². The van der Waals surface area contributed by atoms with Crippen molar-refractivity contribution in [1.29, 1.82) is 0 Å². The van der Waals surface area contributed by atoms with E-state index in [4.69, 9.17) is 4.74 Å². The zero-order valence-corrected chi connectivity index (χ0v) is 48.0. The fourth-order valence-corrected chi connectivity index (χ4v) is 10.1. The van der Waals surface area contributed by atoms with E-state index in [0.717, 1.165) is 83.5 Å². The Balaban J connectivity index is 3.48. The lowest BCUT2D eigenvalue weighted by atomic mass is 10.0. The van der Waals surface area contributed by atoms with Crippen molar-refractivity contribution in [2.75, 3.05) is 13.2 Å². The first-order valence-corrected chi connectivity index (χ1v) is 32.1. The fourth-order valence-electron chi connectivity index (χ4n) is 10.1. The summed E-state index contributed by atoms with van der Waals surface area (Å²) in [5.41, 5.74) is 0. The van der Waals surface area contributed by atoms with Crippen molar-refractivity contribution in [3.8, 4) is 0 Å². The first-order valence-electron chi connectivity index (χ1n) is 32.1. The molecule has 0 aromatic rings. The van der Waals surface area contributed by atoms with E-state index < -0.39 is 12.1 Å². The third-order valence-electron chi connectivity index (χ3n) is 15.0. The van der Waals surface area contributed by atoms with Gasteiger partial charge in [0.25, 0.3) is 0 Å². The second-order valence-corrected chi connectivity index (χ2v) is 22.1. The highest BCUT2D eigenvalue weighted by atomic mass is 16.5. The van der Waals surface area contributed by atoms with E-state index in [2.05, 4.69) is 43.5 Å². The maximum atomic E-state index is 12.5. The van der Waals surface area contributed by atoms with Crippen molar-refractivity contribution in [3.05, 3.63) is 24.3 Å². The van der Waals surface area contributed by atoms with Crippen LogP contribution in [0.5, 0.6) is 0 Å². The number of amides is 1. The number of ether oxygens (including phenoxy) is 1. The van der Waals surface area contributed by atoms with Crippen LogP contribution in [0.3, 0.4) is 0 Å². The van der Waals surface area contributed by atoms with Crippen molar-refractivity contribution in [2.24, 2.45) is 0 Å². The molecule has 0 aromatic carbocycles. The molecule has 6 nitrogen and oxygen atoms in total. The molecular weight excluding hydrogens is 875 g/mol. The molecule has 0 saturated carbocycles. The summed E-state index contributed by atoms with van der Waals surface area (Å²) in [6, 6.07) is -0.554. The molecular formula is C65H125NO5. The van der Waals surface area contributed by atoms with Gasteiger partial charge in [0.15, 0.2) is 0 Å². The number of aliphatic hydroxyl groups is 2. The normalized spacial score (nSPS) is 12.7. The van der Waals surface area contributed by atoms with Gasteiger partial charge >= 0.3 is 5.97 Å². The molecule has 0 aliphatic heterocycles. The van der Waals surface area contributed by atoms with Crippen LogP contribution >= 0.6 is 0 Å². The van der Waals surface area contributed by atoms with Gasteiger partial charge in [0.2, 0.25) is 5.91 Å². The summed E-state index contributed by atoms with van der Waals surface area (Å²) in [7, 11) is 0. The number of allylic oxidation sites excluding steroid dienone is 4. The molecule has 3 N–H and O–H groups in total. The molecule has 0 aromatic heterocycles. The molecule has 0 aliphatic carbocycles. The molecule has 71 heavy (non-hydrogen) atoms. The SMILES string of the molecule is CCCCCCCCCCCCCCCCCCCCCCCCC(O)C(CO)NC(=O)CCCCCCCCC/C=C\C/C=C\CCCCCOC(=O)CCCCCCCCCCCCCCCCC. The van der Waals surface area contributed by atoms with E-state index in [1.807, 2.05) is 0 Å². The Labute approximate surface area is 443 Å². The smallest absolute Gasteiger partial charge is 0.305 e. The average Bonchev–Trinajstić information content (AvgIpc) is 3.37. The lowest BCUT2D eigenvalue weighted by Crippen LogP contribution is -2.45. The Hall–Kier alpha value is -1.66. The monoisotopic (exact) mass is 1000 g/mol. The van der Waals surface area contributed by atoms with Crippen molar-refractivity contribution >= 4 is 11.9 Å². The van der Waals surface area contributed by atoms with Gasteiger partial charge in [-0.1, -0.05) is 301 Å². The molecule has 0 aliphatic rings. The summed E-state index contributed by atoms with van der Waals surface area (Å²) < 4.78 is 5.46. The summed E-state index contributed by atoms with van der Waals surface area (Å²) in [6.45, 7) is 4.94. The molecule has 420 valence electrons. The Morgan fingerprint density at radius 2 is 0.704 bits per heavy atom. The van der Waals surface area contributed by atoms with Crippen LogP contribution in [0.25, 0.3) is 0 Å². The molecule has 0 spiro atoms. The van der Waals surface area contributed by atoms with E-state index in [9.17, 15) is 19.8 Å². The summed E-state index contributed by atoms with van der Waals surface area (Å²) in [5.74, 6) is -0.0591. The average molecular weight is 1000 g/mol. The van der Waals surface area contributed by atoms with Gasteiger partial charge in [0.1, 0.15) is 0 Å². The molecule has 6 heteroatoms. The van der Waals surface area contributed by atoms with Gasteiger partial charge in [-0.2, -0.15) is 0 Å². The minimum Gasteiger partial charge on any atom is -0.466 e. The largest absolute Gasteiger partial charge is 0.466 e. The molecule has 0 saturated heterocycles. The van der Waals surface area contributed by atoms with Gasteiger partial charge in [-0.25, -0.2) is 0 Å². The molecule has 2 unspecified atom stereocenters. The van der Waals surface area contributed by atoms with Crippen LogP contribution in [0.15, 0.2) is 24.3 Å². The van der Waals surface area contributed by atoms with Crippen LogP contribution in [0.1, 0.15) is 354 Å². The molecule has 0 bridgehead atoms. The zero-order valence-electron chi connectivity index (χ0n) is 48.0. The first kappa shape index (κ1) is 69.3. The summed E-state index contributed by atoms with van der Waals surface area (Å²) >= 11 is 0. The maximum Gasteiger partial charge on any atom is 0.305 e. The third-order valence-corrected chi connectivity index (χ3v) is 15.0. The van der Waals surface area contributed by atoms with Crippen molar-refractivity contribution in [2.45, 2.75) is 366 Å². The van der Waals surface area contributed by atoms with Gasteiger partial charge in [-0.3, -0.25) is 9.59 Å². The Morgan fingerprint density at radius 1 is 0.394 bits per heavy atom. The zero-order chi connectivity index (χ0) is 51.4. The van der Waals surface area contributed by atoms with Crippen LogP contribution in [-0.4, -0.2) is 47.4 Å². The number of aliphatic hydroxyl groups excluding tert-OH is 2. The Bertz CT molecular complexity index is 1110. The molecule has 2 atom stereocenters. The van der Waals surface area contributed by atoms with Gasteiger partial charge in [-0.15, -0.1) is 0 Å². The van der Waals surface area contributed by atoms with Gasteiger partial charge in [-0.05, 0) is 64.2 Å². The predicted octanol–water partition coefficient (Wildman–Crippen LogP) is 20.2. The highest BCUT2D eigenvalue weighted by Crippen LogP contribution is 2.18. The first-order chi connectivity index (χ1) is 35.0. The number of nitrogens with one attached hydrogen (secondary N) is 1. The third kappa shape index (κ3) is 57.5. The molecule has 0 radical (unpaired) electrons. The number of carbonyl (C=O) groups excluding carboxylic acids is 2. The summed E-state index contributed by atoms with van der Waals surface area (Å²) in [4.78, 5) is 24.6. The van der Waals surface area contributed by atoms with Gasteiger partial charge < -0.3 is 20.3 Å².